The van der Waals surface area contributed by atoms with Gasteiger partial charge in [-0.2, -0.15) is 0 Å². The molecule has 0 saturated heterocycles. The number of para-hydroxylation sites is 1. The molecule has 26 heavy (non-hydrogen) atoms. The third-order valence-corrected chi connectivity index (χ3v) is 6.80. The molecule has 0 aliphatic heterocycles. The zero-order valence-corrected chi connectivity index (χ0v) is 16.7. The molecule has 3 aromatic rings. The SMILES string of the molecule is O=C(NCc1ccccc1NS(=O)(=O)c1ccccc1)c1sccc1Br. The number of carbonyl (C=O) groups excluding carboxylic acids is 1. The Morgan fingerprint density at radius 3 is 2.38 bits per heavy atom. The van der Waals surface area contributed by atoms with Crippen LogP contribution in [0.4, 0.5) is 5.69 Å². The van der Waals surface area contributed by atoms with Crippen molar-refractivity contribution in [2.75, 3.05) is 4.72 Å². The lowest BCUT2D eigenvalue weighted by molar-refractivity contribution is 0.0954. The number of benzene rings is 2. The van der Waals surface area contributed by atoms with E-state index in [1.165, 1.54) is 23.5 Å². The van der Waals surface area contributed by atoms with Gasteiger partial charge in [-0.15, -0.1) is 11.3 Å². The third kappa shape index (κ3) is 4.32. The minimum absolute atomic E-state index is 0.182. The van der Waals surface area contributed by atoms with Crippen LogP contribution in [0.3, 0.4) is 0 Å². The highest BCUT2D eigenvalue weighted by Crippen LogP contribution is 2.23. The van der Waals surface area contributed by atoms with Crippen LogP contribution in [0, 0.1) is 0 Å². The molecule has 8 heteroatoms. The summed E-state index contributed by atoms with van der Waals surface area (Å²) in [5, 5.41) is 4.64. The molecule has 1 heterocycles. The predicted octanol–water partition coefficient (Wildman–Crippen LogP) is 4.24. The molecule has 0 fully saturated rings. The standard InChI is InChI=1S/C18H15BrN2O3S2/c19-15-10-11-25-17(15)18(22)20-12-13-6-4-5-9-16(13)21-26(23,24)14-7-2-1-3-8-14/h1-11,21H,12H2,(H,20,22). The summed E-state index contributed by atoms with van der Waals surface area (Å²) in [6.07, 6.45) is 0. The Morgan fingerprint density at radius 2 is 1.69 bits per heavy atom. The van der Waals surface area contributed by atoms with Gasteiger partial charge in [0.2, 0.25) is 0 Å². The van der Waals surface area contributed by atoms with Crippen LogP contribution in [-0.4, -0.2) is 14.3 Å². The number of halogens is 1. The molecule has 1 amide bonds. The van der Waals surface area contributed by atoms with E-state index in [-0.39, 0.29) is 17.3 Å². The van der Waals surface area contributed by atoms with E-state index in [0.717, 1.165) is 4.47 Å². The number of nitrogens with one attached hydrogen (secondary N) is 2. The van der Waals surface area contributed by atoms with Crippen LogP contribution in [0.1, 0.15) is 15.2 Å². The van der Waals surface area contributed by atoms with E-state index in [1.807, 2.05) is 11.4 Å². The van der Waals surface area contributed by atoms with Gasteiger partial charge >= 0.3 is 0 Å². The average Bonchev–Trinajstić information content (AvgIpc) is 3.07. The molecule has 0 aliphatic rings. The van der Waals surface area contributed by atoms with Crippen LogP contribution >= 0.6 is 27.3 Å². The molecule has 0 saturated carbocycles. The van der Waals surface area contributed by atoms with E-state index < -0.39 is 10.0 Å². The molecule has 0 aliphatic carbocycles. The second-order valence-corrected chi connectivity index (χ2v) is 8.81. The Labute approximate surface area is 164 Å². The van der Waals surface area contributed by atoms with Crippen molar-refractivity contribution in [1.82, 2.24) is 5.32 Å². The Bertz CT molecular complexity index is 1020. The second kappa shape index (κ2) is 8.03. The van der Waals surface area contributed by atoms with E-state index in [4.69, 9.17) is 0 Å². The minimum atomic E-state index is -3.69. The second-order valence-electron chi connectivity index (χ2n) is 5.36. The minimum Gasteiger partial charge on any atom is -0.347 e. The molecule has 0 atom stereocenters. The summed E-state index contributed by atoms with van der Waals surface area (Å²) in [5.74, 6) is -0.215. The first-order valence-corrected chi connectivity index (χ1v) is 10.8. The van der Waals surface area contributed by atoms with Crippen molar-refractivity contribution >= 4 is 48.9 Å². The average molecular weight is 451 g/mol. The molecular weight excluding hydrogens is 436 g/mol. The third-order valence-electron chi connectivity index (χ3n) is 3.58. The normalized spacial score (nSPS) is 11.1. The summed E-state index contributed by atoms with van der Waals surface area (Å²) >= 11 is 4.67. The number of rotatable bonds is 6. The maximum atomic E-state index is 12.5. The molecule has 2 aromatic carbocycles. The first kappa shape index (κ1) is 18.6. The van der Waals surface area contributed by atoms with Crippen molar-refractivity contribution in [2.45, 2.75) is 11.4 Å². The summed E-state index contributed by atoms with van der Waals surface area (Å²) in [7, 11) is -3.69. The van der Waals surface area contributed by atoms with Crippen LogP contribution in [0.25, 0.3) is 0 Å². The van der Waals surface area contributed by atoms with Gasteiger partial charge in [0.1, 0.15) is 4.88 Å². The van der Waals surface area contributed by atoms with E-state index in [9.17, 15) is 13.2 Å². The summed E-state index contributed by atoms with van der Waals surface area (Å²) in [4.78, 5) is 13.0. The zero-order valence-electron chi connectivity index (χ0n) is 13.5. The van der Waals surface area contributed by atoms with Crippen LogP contribution < -0.4 is 10.0 Å². The number of amides is 1. The molecule has 0 unspecified atom stereocenters. The van der Waals surface area contributed by atoms with Crippen molar-refractivity contribution in [3.8, 4) is 0 Å². The Hall–Kier alpha value is -2.16. The fourth-order valence-corrected chi connectivity index (χ4v) is 4.88. The van der Waals surface area contributed by atoms with Gasteiger partial charge in [-0.1, -0.05) is 36.4 Å². The highest BCUT2D eigenvalue weighted by molar-refractivity contribution is 9.10. The number of anilines is 1. The van der Waals surface area contributed by atoms with Gasteiger partial charge in [0, 0.05) is 11.0 Å². The van der Waals surface area contributed by atoms with Crippen molar-refractivity contribution in [3.63, 3.8) is 0 Å². The van der Waals surface area contributed by atoms with Gasteiger partial charge in [-0.05, 0) is 51.1 Å². The first-order chi connectivity index (χ1) is 12.5. The van der Waals surface area contributed by atoms with Crippen LogP contribution in [0.15, 0.2) is 75.4 Å². The molecule has 0 bridgehead atoms. The monoisotopic (exact) mass is 450 g/mol. The molecule has 5 nitrogen and oxygen atoms in total. The van der Waals surface area contributed by atoms with Gasteiger partial charge in [0.05, 0.1) is 10.6 Å². The highest BCUT2D eigenvalue weighted by Gasteiger charge is 2.16. The van der Waals surface area contributed by atoms with Crippen molar-refractivity contribution < 1.29 is 13.2 Å². The van der Waals surface area contributed by atoms with E-state index in [1.54, 1.807) is 42.5 Å². The smallest absolute Gasteiger partial charge is 0.262 e. The lowest BCUT2D eigenvalue weighted by Crippen LogP contribution is -2.23. The summed E-state index contributed by atoms with van der Waals surface area (Å²) < 4.78 is 28.4. The van der Waals surface area contributed by atoms with Gasteiger partial charge in [-0.3, -0.25) is 9.52 Å². The Balaban J connectivity index is 1.76. The molecule has 3 rings (SSSR count). The molecular formula is C18H15BrN2O3S2. The van der Waals surface area contributed by atoms with Gasteiger partial charge in [0.15, 0.2) is 0 Å². The largest absolute Gasteiger partial charge is 0.347 e. The number of sulfonamides is 1. The Kier molecular flexibility index (Phi) is 5.75. The molecule has 2 N–H and O–H groups in total. The van der Waals surface area contributed by atoms with Crippen molar-refractivity contribution in [2.24, 2.45) is 0 Å². The first-order valence-electron chi connectivity index (χ1n) is 7.64. The highest BCUT2D eigenvalue weighted by atomic mass is 79.9. The predicted molar refractivity (Wildman–Crippen MR) is 107 cm³/mol. The molecule has 134 valence electrons. The number of hydrogen-bond donors (Lipinski definition) is 2. The molecule has 0 radical (unpaired) electrons. The van der Waals surface area contributed by atoms with Gasteiger partial charge < -0.3 is 5.32 Å². The fraction of sp³-hybridized carbons (Fsp3) is 0.0556. The van der Waals surface area contributed by atoms with Crippen LogP contribution in [-0.2, 0) is 16.6 Å². The maximum absolute atomic E-state index is 12.5. The van der Waals surface area contributed by atoms with E-state index >= 15 is 0 Å². The van der Waals surface area contributed by atoms with Crippen LogP contribution in [0.2, 0.25) is 0 Å². The lowest BCUT2D eigenvalue weighted by atomic mass is 10.2. The lowest BCUT2D eigenvalue weighted by Gasteiger charge is -2.13. The number of hydrogen-bond acceptors (Lipinski definition) is 4. The van der Waals surface area contributed by atoms with Crippen molar-refractivity contribution in [1.29, 1.82) is 0 Å². The molecule has 0 spiro atoms. The van der Waals surface area contributed by atoms with Crippen LogP contribution in [0.5, 0.6) is 0 Å². The fourth-order valence-electron chi connectivity index (χ4n) is 2.29. The summed E-state index contributed by atoms with van der Waals surface area (Å²) in [6.45, 7) is 0.205. The Morgan fingerprint density at radius 1 is 1.00 bits per heavy atom. The number of thiophene rings is 1. The van der Waals surface area contributed by atoms with E-state index in [0.29, 0.717) is 16.1 Å². The summed E-state index contributed by atoms with van der Waals surface area (Å²) in [5.41, 5.74) is 1.11. The van der Waals surface area contributed by atoms with Crippen molar-refractivity contribution in [3.05, 3.63) is 81.0 Å². The quantitative estimate of drug-likeness (QED) is 0.589. The maximum Gasteiger partial charge on any atom is 0.262 e. The van der Waals surface area contributed by atoms with E-state index in [2.05, 4.69) is 26.0 Å². The zero-order chi connectivity index (χ0) is 18.6. The number of carbonyl (C=O) groups is 1. The topological polar surface area (TPSA) is 75.3 Å². The molecule has 1 aromatic heterocycles. The van der Waals surface area contributed by atoms with Gasteiger partial charge in [0.25, 0.3) is 15.9 Å². The summed E-state index contributed by atoms with van der Waals surface area (Å²) in [6, 6.07) is 16.9. The van der Waals surface area contributed by atoms with Gasteiger partial charge in [-0.25, -0.2) is 8.42 Å².